The lowest BCUT2D eigenvalue weighted by Crippen LogP contribution is -1.85. The Balaban J connectivity index is 3.19. The number of nitriles is 1. The lowest BCUT2D eigenvalue weighted by molar-refractivity contribution is 0.376. The van der Waals surface area contributed by atoms with Crippen LogP contribution in [0, 0.1) is 17.1 Å². The normalized spacial score (nSPS) is 9.33. The Kier molecular flexibility index (Phi) is 2.15. The Bertz CT molecular complexity index is 344. The van der Waals surface area contributed by atoms with Crippen molar-refractivity contribution in [3.8, 4) is 17.6 Å². The number of phenolic OH excluding ortho intramolecular Hbond substituents is 2. The molecule has 3 nitrogen and oxygen atoms in total. The van der Waals surface area contributed by atoms with E-state index in [9.17, 15) is 4.39 Å². The van der Waals surface area contributed by atoms with E-state index in [4.69, 9.17) is 15.5 Å². The quantitative estimate of drug-likeness (QED) is 0.619. The zero-order valence-corrected chi connectivity index (χ0v) is 6.08. The third kappa shape index (κ3) is 1.30. The highest BCUT2D eigenvalue weighted by Gasteiger charge is 2.10. The van der Waals surface area contributed by atoms with Crippen molar-refractivity contribution in [3.05, 3.63) is 23.5 Å². The van der Waals surface area contributed by atoms with Gasteiger partial charge in [0.05, 0.1) is 12.5 Å². The molecule has 1 aromatic carbocycles. The van der Waals surface area contributed by atoms with Crippen molar-refractivity contribution in [1.29, 1.82) is 5.26 Å². The van der Waals surface area contributed by atoms with Crippen molar-refractivity contribution < 1.29 is 14.6 Å². The molecule has 62 valence electrons. The van der Waals surface area contributed by atoms with Crippen LogP contribution in [0.1, 0.15) is 5.56 Å². The predicted molar refractivity (Wildman–Crippen MR) is 39.0 cm³/mol. The Hall–Kier alpha value is -1.76. The molecule has 12 heavy (non-hydrogen) atoms. The van der Waals surface area contributed by atoms with E-state index in [2.05, 4.69) is 0 Å². The highest BCUT2D eigenvalue weighted by atomic mass is 19.1. The first kappa shape index (κ1) is 8.34. The van der Waals surface area contributed by atoms with E-state index < -0.39 is 17.3 Å². The van der Waals surface area contributed by atoms with Gasteiger partial charge >= 0.3 is 0 Å². The van der Waals surface area contributed by atoms with Crippen LogP contribution in [-0.2, 0) is 6.42 Å². The van der Waals surface area contributed by atoms with Crippen LogP contribution >= 0.6 is 0 Å². The van der Waals surface area contributed by atoms with Crippen LogP contribution in [0.25, 0.3) is 0 Å². The molecule has 0 atom stereocenters. The SMILES string of the molecule is N#CCc1ccc(F)c(O)c1O. The molecule has 0 heterocycles. The maximum Gasteiger partial charge on any atom is 0.194 e. The number of rotatable bonds is 1. The number of hydrogen-bond acceptors (Lipinski definition) is 3. The van der Waals surface area contributed by atoms with Crippen LogP contribution in [0.15, 0.2) is 12.1 Å². The average molecular weight is 167 g/mol. The fraction of sp³-hybridized carbons (Fsp3) is 0.125. The van der Waals surface area contributed by atoms with E-state index in [1.54, 1.807) is 6.07 Å². The molecule has 0 unspecified atom stereocenters. The second-order valence-electron chi connectivity index (χ2n) is 2.24. The summed E-state index contributed by atoms with van der Waals surface area (Å²) in [7, 11) is 0. The summed E-state index contributed by atoms with van der Waals surface area (Å²) >= 11 is 0. The number of aromatic hydroxyl groups is 2. The highest BCUT2D eigenvalue weighted by Crippen LogP contribution is 2.31. The Morgan fingerprint density at radius 3 is 2.58 bits per heavy atom. The molecule has 0 spiro atoms. The first-order chi connectivity index (χ1) is 5.66. The summed E-state index contributed by atoms with van der Waals surface area (Å²) < 4.78 is 12.5. The largest absolute Gasteiger partial charge is 0.504 e. The Morgan fingerprint density at radius 1 is 1.33 bits per heavy atom. The van der Waals surface area contributed by atoms with E-state index in [-0.39, 0.29) is 12.0 Å². The minimum absolute atomic E-state index is 0.0559. The van der Waals surface area contributed by atoms with E-state index in [0.29, 0.717) is 0 Å². The molecule has 0 aromatic heterocycles. The van der Waals surface area contributed by atoms with Gasteiger partial charge in [0.15, 0.2) is 17.3 Å². The lowest BCUT2D eigenvalue weighted by atomic mass is 10.1. The molecular weight excluding hydrogens is 161 g/mol. The lowest BCUT2D eigenvalue weighted by Gasteiger charge is -2.02. The van der Waals surface area contributed by atoms with Crippen LogP contribution in [0.2, 0.25) is 0 Å². The van der Waals surface area contributed by atoms with Crippen molar-refractivity contribution in [2.45, 2.75) is 6.42 Å². The van der Waals surface area contributed by atoms with Crippen molar-refractivity contribution >= 4 is 0 Å². The molecule has 0 aliphatic carbocycles. The number of benzene rings is 1. The average Bonchev–Trinajstić information content (AvgIpc) is 2.07. The minimum Gasteiger partial charge on any atom is -0.504 e. The van der Waals surface area contributed by atoms with Gasteiger partial charge in [0.2, 0.25) is 0 Å². The van der Waals surface area contributed by atoms with E-state index in [1.807, 2.05) is 0 Å². The van der Waals surface area contributed by atoms with Crippen LogP contribution in [0.5, 0.6) is 11.5 Å². The fourth-order valence-electron chi connectivity index (χ4n) is 0.825. The van der Waals surface area contributed by atoms with Gasteiger partial charge in [0.1, 0.15) is 0 Å². The van der Waals surface area contributed by atoms with Gasteiger partial charge in [-0.25, -0.2) is 4.39 Å². The van der Waals surface area contributed by atoms with Gasteiger partial charge < -0.3 is 10.2 Å². The van der Waals surface area contributed by atoms with Crippen LogP contribution < -0.4 is 0 Å². The zero-order chi connectivity index (χ0) is 9.14. The summed E-state index contributed by atoms with van der Waals surface area (Å²) in [5.74, 6) is -2.26. The summed E-state index contributed by atoms with van der Waals surface area (Å²) in [6.07, 6.45) is -0.0559. The first-order valence-corrected chi connectivity index (χ1v) is 3.23. The molecule has 0 saturated heterocycles. The van der Waals surface area contributed by atoms with Gasteiger partial charge in [-0.2, -0.15) is 5.26 Å². The number of halogens is 1. The van der Waals surface area contributed by atoms with Crippen molar-refractivity contribution in [2.75, 3.05) is 0 Å². The molecule has 4 heteroatoms. The van der Waals surface area contributed by atoms with Crippen molar-refractivity contribution in [1.82, 2.24) is 0 Å². The molecule has 2 N–H and O–H groups in total. The number of nitrogens with zero attached hydrogens (tertiary/aromatic N) is 1. The Morgan fingerprint density at radius 2 is 2.00 bits per heavy atom. The smallest absolute Gasteiger partial charge is 0.194 e. The van der Waals surface area contributed by atoms with Crippen molar-refractivity contribution in [3.63, 3.8) is 0 Å². The summed E-state index contributed by atoms with van der Waals surface area (Å²) in [4.78, 5) is 0. The van der Waals surface area contributed by atoms with Gasteiger partial charge in [0, 0.05) is 5.56 Å². The third-order valence-electron chi connectivity index (χ3n) is 1.46. The van der Waals surface area contributed by atoms with Gasteiger partial charge in [-0.15, -0.1) is 0 Å². The van der Waals surface area contributed by atoms with Crippen molar-refractivity contribution in [2.24, 2.45) is 0 Å². The van der Waals surface area contributed by atoms with Crippen LogP contribution in [0.4, 0.5) is 4.39 Å². The van der Waals surface area contributed by atoms with Crippen LogP contribution in [-0.4, -0.2) is 10.2 Å². The first-order valence-electron chi connectivity index (χ1n) is 3.23. The number of phenols is 2. The summed E-state index contributed by atoms with van der Waals surface area (Å²) in [6, 6.07) is 4.04. The van der Waals surface area contributed by atoms with Crippen LogP contribution in [0.3, 0.4) is 0 Å². The maximum absolute atomic E-state index is 12.5. The van der Waals surface area contributed by atoms with Gasteiger partial charge in [0.25, 0.3) is 0 Å². The Labute approximate surface area is 68.3 Å². The molecule has 1 rings (SSSR count). The molecule has 0 amide bonds. The summed E-state index contributed by atoms with van der Waals surface area (Å²) in [6.45, 7) is 0. The highest BCUT2D eigenvalue weighted by molar-refractivity contribution is 5.46. The third-order valence-corrected chi connectivity index (χ3v) is 1.46. The molecule has 1 aromatic rings. The van der Waals surface area contributed by atoms with E-state index in [0.717, 1.165) is 6.07 Å². The molecule has 0 saturated carbocycles. The van der Waals surface area contributed by atoms with Gasteiger partial charge in [-0.1, -0.05) is 6.07 Å². The van der Waals surface area contributed by atoms with E-state index >= 15 is 0 Å². The second-order valence-corrected chi connectivity index (χ2v) is 2.24. The summed E-state index contributed by atoms with van der Waals surface area (Å²) in [5, 5.41) is 26.2. The molecule has 0 aliphatic heterocycles. The van der Waals surface area contributed by atoms with Gasteiger partial charge in [-0.05, 0) is 6.07 Å². The standard InChI is InChI=1S/C8H6FNO2/c9-6-2-1-5(3-4-10)7(11)8(6)12/h1-2,11-12H,3H2. The summed E-state index contributed by atoms with van der Waals surface area (Å²) in [5.41, 5.74) is 0.219. The molecule has 0 bridgehead atoms. The van der Waals surface area contributed by atoms with E-state index in [1.165, 1.54) is 6.07 Å². The molecule has 0 fully saturated rings. The molecular formula is C8H6FNO2. The monoisotopic (exact) mass is 167 g/mol. The topological polar surface area (TPSA) is 64.2 Å². The minimum atomic E-state index is -0.894. The molecule has 0 aliphatic rings. The second kappa shape index (κ2) is 3.09. The predicted octanol–water partition coefficient (Wildman–Crippen LogP) is 1.30. The molecule has 0 radical (unpaired) electrons. The van der Waals surface area contributed by atoms with Gasteiger partial charge in [-0.3, -0.25) is 0 Å². The zero-order valence-electron chi connectivity index (χ0n) is 6.08. The number of hydrogen-bond donors (Lipinski definition) is 2. The fourth-order valence-corrected chi connectivity index (χ4v) is 0.825. The maximum atomic E-state index is 12.5.